The molecule has 0 bridgehead atoms. The van der Waals surface area contributed by atoms with Crippen LogP contribution in [0.25, 0.3) is 0 Å². The van der Waals surface area contributed by atoms with Gasteiger partial charge in [-0.3, -0.25) is 0 Å². The highest BCUT2D eigenvalue weighted by Gasteiger charge is 2.38. The first-order chi connectivity index (χ1) is 31.7. The molecule has 0 aromatic rings. The van der Waals surface area contributed by atoms with Crippen LogP contribution in [0, 0.1) is 10.8 Å². The Bertz CT molecular complexity index is 1060. The third-order valence-electron chi connectivity index (χ3n) is 12.5. The SMILES string of the molecule is CCCCC(=COCC(COC=C(CC)CCCC)(COC=C(CC)CCCC)COCC(COC=C(CC)CCCC)(COC=C(CC)CCCC)COC=C(CC)CCCC)CC. The van der Waals surface area contributed by atoms with Crippen molar-refractivity contribution in [2.24, 2.45) is 10.8 Å². The Balaban J connectivity index is 7.43. The van der Waals surface area contributed by atoms with Crippen LogP contribution >= 0.6 is 0 Å². The van der Waals surface area contributed by atoms with Crippen molar-refractivity contribution in [3.63, 3.8) is 0 Å². The molecule has 0 radical (unpaired) electrons. The summed E-state index contributed by atoms with van der Waals surface area (Å²) in [5, 5.41) is 0. The third-order valence-corrected chi connectivity index (χ3v) is 12.5. The highest BCUT2D eigenvalue weighted by Crippen LogP contribution is 2.29. The quantitative estimate of drug-likeness (QED) is 0.0564. The van der Waals surface area contributed by atoms with Gasteiger partial charge < -0.3 is 33.2 Å². The Morgan fingerprint density at radius 2 is 0.431 bits per heavy atom. The maximum absolute atomic E-state index is 7.05. The van der Waals surface area contributed by atoms with Crippen molar-refractivity contribution in [3.8, 4) is 0 Å². The number of hydrogen-bond donors (Lipinski definition) is 0. The summed E-state index contributed by atoms with van der Waals surface area (Å²) in [5.74, 6) is 0. The summed E-state index contributed by atoms with van der Waals surface area (Å²) in [4.78, 5) is 0. The Morgan fingerprint density at radius 3 is 0.569 bits per heavy atom. The lowest BCUT2D eigenvalue weighted by Crippen LogP contribution is -2.45. The van der Waals surface area contributed by atoms with E-state index in [1.54, 1.807) is 0 Å². The minimum Gasteiger partial charge on any atom is -0.500 e. The van der Waals surface area contributed by atoms with Gasteiger partial charge in [-0.2, -0.15) is 0 Å². The molecule has 7 heteroatoms. The summed E-state index contributed by atoms with van der Waals surface area (Å²) in [6.45, 7) is 29.8. The first kappa shape index (κ1) is 62.2. The molecule has 0 aliphatic rings. The van der Waals surface area contributed by atoms with Crippen molar-refractivity contribution in [1.29, 1.82) is 0 Å². The van der Waals surface area contributed by atoms with E-state index in [-0.39, 0.29) is 0 Å². The molecule has 0 atom stereocenters. The molecule has 0 saturated heterocycles. The summed E-state index contributed by atoms with van der Waals surface area (Å²) in [7, 11) is 0. The van der Waals surface area contributed by atoms with Gasteiger partial charge >= 0.3 is 0 Å². The Hall–Kier alpha value is -2.80. The smallest absolute Gasteiger partial charge is 0.102 e. The topological polar surface area (TPSA) is 64.6 Å². The highest BCUT2D eigenvalue weighted by molar-refractivity contribution is 5.02. The van der Waals surface area contributed by atoms with E-state index in [9.17, 15) is 0 Å². The van der Waals surface area contributed by atoms with Crippen LogP contribution in [0.5, 0.6) is 0 Å². The highest BCUT2D eigenvalue weighted by atomic mass is 16.5. The summed E-state index contributed by atoms with van der Waals surface area (Å²) < 4.78 is 46.6. The molecular formula is C58H106O7. The van der Waals surface area contributed by atoms with E-state index in [4.69, 9.17) is 33.2 Å². The minimum absolute atomic E-state index is 0.360. The van der Waals surface area contributed by atoms with Crippen LogP contribution in [0.15, 0.2) is 71.0 Å². The molecule has 0 rings (SSSR count). The van der Waals surface area contributed by atoms with Crippen molar-refractivity contribution in [2.75, 3.05) is 52.9 Å². The summed E-state index contributed by atoms with van der Waals surface area (Å²) in [6.07, 6.45) is 37.8. The van der Waals surface area contributed by atoms with Crippen LogP contribution in [0.4, 0.5) is 0 Å². The van der Waals surface area contributed by atoms with Crippen LogP contribution in [-0.2, 0) is 33.2 Å². The van der Waals surface area contributed by atoms with E-state index < -0.39 is 10.8 Å². The van der Waals surface area contributed by atoms with Crippen molar-refractivity contribution in [2.45, 2.75) is 237 Å². The summed E-state index contributed by atoms with van der Waals surface area (Å²) >= 11 is 0. The molecule has 0 amide bonds. The Morgan fingerprint density at radius 1 is 0.262 bits per heavy atom. The molecule has 0 aliphatic carbocycles. The van der Waals surface area contributed by atoms with E-state index in [2.05, 4.69) is 83.1 Å². The molecule has 380 valence electrons. The zero-order valence-corrected chi connectivity index (χ0v) is 44.9. The van der Waals surface area contributed by atoms with Gasteiger partial charge in [-0.1, -0.05) is 122 Å². The fourth-order valence-corrected chi connectivity index (χ4v) is 7.34. The molecule has 65 heavy (non-hydrogen) atoms. The number of ether oxygens (including phenoxy) is 7. The predicted octanol–water partition coefficient (Wildman–Crippen LogP) is 18.0. The lowest BCUT2D eigenvalue weighted by atomic mass is 9.90. The van der Waals surface area contributed by atoms with Crippen molar-refractivity contribution in [1.82, 2.24) is 0 Å². The molecule has 0 fully saturated rings. The van der Waals surface area contributed by atoms with Crippen LogP contribution in [-0.4, -0.2) is 52.9 Å². The van der Waals surface area contributed by atoms with Crippen LogP contribution < -0.4 is 0 Å². The molecule has 0 aliphatic heterocycles. The fraction of sp³-hybridized carbons (Fsp3) is 0.793. The van der Waals surface area contributed by atoms with Crippen molar-refractivity contribution < 1.29 is 33.2 Å². The van der Waals surface area contributed by atoms with Crippen molar-refractivity contribution >= 4 is 0 Å². The van der Waals surface area contributed by atoms with Gasteiger partial charge in [0.05, 0.1) is 61.6 Å². The lowest BCUT2D eigenvalue weighted by Gasteiger charge is -2.35. The summed E-state index contributed by atoms with van der Waals surface area (Å²) in [5.41, 5.74) is 6.71. The molecule has 0 unspecified atom stereocenters. The number of hydrogen-bond acceptors (Lipinski definition) is 7. The molecule has 0 spiro atoms. The minimum atomic E-state index is -0.616. The molecule has 0 aromatic heterocycles. The second kappa shape index (κ2) is 42.5. The first-order valence-corrected chi connectivity index (χ1v) is 27.0. The number of rotatable bonds is 46. The standard InChI is InChI=1S/C58H106O7/c1-13-25-31-51(19-7)37-59-43-57(44-60-38-52(20-8)32-26-14-2,45-61-39-53(21-9)33-27-15-3)49-65-50-58(46-62-40-54(22-10)34-28-16-4,47-63-41-55(23-11)35-29-17-5)48-64-42-56(24-12)36-30-18-6/h37-42H,13-36,43-50H2,1-12H3. The van der Waals surface area contributed by atoms with Crippen molar-refractivity contribution in [3.05, 3.63) is 71.0 Å². The van der Waals surface area contributed by atoms with Gasteiger partial charge in [0.1, 0.15) is 39.6 Å². The zero-order chi connectivity index (χ0) is 48.3. The average molecular weight is 915 g/mol. The second-order valence-corrected chi connectivity index (χ2v) is 18.8. The largest absolute Gasteiger partial charge is 0.500 e. The van der Waals surface area contributed by atoms with E-state index in [1.165, 1.54) is 33.4 Å². The maximum Gasteiger partial charge on any atom is 0.102 e. The predicted molar refractivity (Wildman–Crippen MR) is 279 cm³/mol. The normalized spacial score (nSPS) is 15.1. The lowest BCUT2D eigenvalue weighted by molar-refractivity contribution is -0.110. The monoisotopic (exact) mass is 915 g/mol. The van der Waals surface area contributed by atoms with Gasteiger partial charge in [-0.05, 0) is 149 Å². The Kier molecular flexibility index (Phi) is 40.7. The van der Waals surface area contributed by atoms with Gasteiger partial charge in [0.2, 0.25) is 0 Å². The molecule has 0 N–H and O–H groups in total. The fourth-order valence-electron chi connectivity index (χ4n) is 7.34. The van der Waals surface area contributed by atoms with Crippen LogP contribution in [0.1, 0.15) is 237 Å². The number of unbranched alkanes of at least 4 members (excludes halogenated alkanes) is 6. The number of allylic oxidation sites excluding steroid dienone is 6. The van der Waals surface area contributed by atoms with Gasteiger partial charge in [-0.15, -0.1) is 0 Å². The Labute approximate surface area is 403 Å². The molecule has 0 aromatic carbocycles. The second-order valence-electron chi connectivity index (χ2n) is 18.8. The maximum atomic E-state index is 7.05. The van der Waals surface area contributed by atoms with E-state index >= 15 is 0 Å². The van der Waals surface area contributed by atoms with Gasteiger partial charge in [0.25, 0.3) is 0 Å². The summed E-state index contributed by atoms with van der Waals surface area (Å²) in [6, 6.07) is 0. The zero-order valence-electron chi connectivity index (χ0n) is 44.9. The van der Waals surface area contributed by atoms with E-state index in [0.29, 0.717) is 52.9 Å². The van der Waals surface area contributed by atoms with Gasteiger partial charge in [-0.25, -0.2) is 0 Å². The van der Waals surface area contributed by atoms with E-state index in [0.717, 1.165) is 154 Å². The first-order valence-electron chi connectivity index (χ1n) is 27.0. The molecular weight excluding hydrogens is 809 g/mol. The third kappa shape index (κ3) is 31.0. The average Bonchev–Trinajstić information content (AvgIpc) is 3.32. The molecule has 0 saturated carbocycles. The molecule has 7 nitrogen and oxygen atoms in total. The molecule has 0 heterocycles. The van der Waals surface area contributed by atoms with E-state index in [1.807, 2.05) is 37.6 Å². The van der Waals surface area contributed by atoms with Crippen LogP contribution in [0.2, 0.25) is 0 Å². The van der Waals surface area contributed by atoms with Gasteiger partial charge in [0.15, 0.2) is 0 Å². The van der Waals surface area contributed by atoms with Gasteiger partial charge in [0, 0.05) is 0 Å². The van der Waals surface area contributed by atoms with Crippen LogP contribution in [0.3, 0.4) is 0 Å².